The van der Waals surface area contributed by atoms with Crippen molar-refractivity contribution < 1.29 is 32.2 Å². The predicted octanol–water partition coefficient (Wildman–Crippen LogP) is 3.73. The van der Waals surface area contributed by atoms with Gasteiger partial charge in [0.15, 0.2) is 17.6 Å². The standard InChI is InChI=1S/C25H24N2O7S/c1-16-4-11-21(12-5-16)35(30,31)27(3)20-9-6-18(7-10-20)25(29)34-17(2)24(28)26-19-8-13-22-23(14-19)33-15-32-22/h4-14,17H,15H2,1-3H3,(H,26,28). The number of sulfonamides is 1. The van der Waals surface area contributed by atoms with Crippen LogP contribution in [-0.2, 0) is 19.6 Å². The van der Waals surface area contributed by atoms with Crippen molar-refractivity contribution in [3.63, 3.8) is 0 Å². The fourth-order valence-electron chi connectivity index (χ4n) is 3.31. The van der Waals surface area contributed by atoms with E-state index in [0.717, 1.165) is 9.87 Å². The highest BCUT2D eigenvalue weighted by Gasteiger charge is 2.23. The molecular formula is C25H24N2O7S. The zero-order valence-electron chi connectivity index (χ0n) is 19.3. The summed E-state index contributed by atoms with van der Waals surface area (Å²) in [5.74, 6) is -0.128. The molecule has 182 valence electrons. The van der Waals surface area contributed by atoms with Crippen molar-refractivity contribution in [2.75, 3.05) is 23.5 Å². The summed E-state index contributed by atoms with van der Waals surface area (Å²) in [6, 6.07) is 17.4. The summed E-state index contributed by atoms with van der Waals surface area (Å²) < 4.78 is 42.7. The van der Waals surface area contributed by atoms with Gasteiger partial charge in [0.05, 0.1) is 16.1 Å². The van der Waals surface area contributed by atoms with E-state index in [1.807, 2.05) is 6.92 Å². The summed E-state index contributed by atoms with van der Waals surface area (Å²) in [4.78, 5) is 25.1. The summed E-state index contributed by atoms with van der Waals surface area (Å²) in [6.45, 7) is 3.45. The Kier molecular flexibility index (Phi) is 6.65. The number of nitrogens with one attached hydrogen (secondary N) is 1. The van der Waals surface area contributed by atoms with Gasteiger partial charge in [0.25, 0.3) is 15.9 Å². The molecule has 1 unspecified atom stereocenters. The largest absolute Gasteiger partial charge is 0.454 e. The minimum absolute atomic E-state index is 0.118. The molecule has 0 spiro atoms. The molecule has 1 aliphatic rings. The number of fused-ring (bicyclic) bond motifs is 1. The predicted molar refractivity (Wildman–Crippen MR) is 129 cm³/mol. The van der Waals surface area contributed by atoms with Crippen LogP contribution in [0, 0.1) is 6.92 Å². The van der Waals surface area contributed by atoms with Gasteiger partial charge in [0.1, 0.15) is 0 Å². The fraction of sp³-hybridized carbons (Fsp3) is 0.200. The molecule has 0 aliphatic carbocycles. The average molecular weight is 497 g/mol. The maximum Gasteiger partial charge on any atom is 0.338 e. The number of carbonyl (C=O) groups is 2. The molecule has 10 heteroatoms. The molecule has 3 aromatic carbocycles. The van der Waals surface area contributed by atoms with E-state index in [4.69, 9.17) is 14.2 Å². The molecule has 0 aromatic heterocycles. The monoisotopic (exact) mass is 496 g/mol. The van der Waals surface area contributed by atoms with Gasteiger partial charge in [-0.3, -0.25) is 9.10 Å². The topological polar surface area (TPSA) is 111 Å². The second-order valence-electron chi connectivity index (χ2n) is 7.94. The lowest BCUT2D eigenvalue weighted by molar-refractivity contribution is -0.123. The van der Waals surface area contributed by atoms with E-state index in [9.17, 15) is 18.0 Å². The van der Waals surface area contributed by atoms with Gasteiger partial charge in [-0.25, -0.2) is 13.2 Å². The molecule has 1 atom stereocenters. The number of benzene rings is 3. The quantitative estimate of drug-likeness (QED) is 0.496. The number of amides is 1. The molecular weight excluding hydrogens is 472 g/mol. The van der Waals surface area contributed by atoms with Crippen LogP contribution in [0.4, 0.5) is 11.4 Å². The van der Waals surface area contributed by atoms with Gasteiger partial charge in [0, 0.05) is 18.8 Å². The number of nitrogens with zero attached hydrogens (tertiary/aromatic N) is 1. The van der Waals surface area contributed by atoms with E-state index in [1.54, 1.807) is 42.5 Å². The van der Waals surface area contributed by atoms with Crippen LogP contribution in [0.1, 0.15) is 22.8 Å². The molecule has 0 saturated heterocycles. The number of esters is 1. The summed E-state index contributed by atoms with van der Waals surface area (Å²) >= 11 is 0. The number of ether oxygens (including phenoxy) is 3. The maximum atomic E-state index is 12.9. The molecule has 9 nitrogen and oxygen atoms in total. The Labute approximate surface area is 203 Å². The first-order valence-corrected chi connectivity index (χ1v) is 12.2. The lowest BCUT2D eigenvalue weighted by atomic mass is 10.2. The van der Waals surface area contributed by atoms with Crippen LogP contribution in [0.2, 0.25) is 0 Å². The molecule has 0 saturated carbocycles. The Balaban J connectivity index is 1.38. The molecule has 1 heterocycles. The Morgan fingerprint density at radius 3 is 2.31 bits per heavy atom. The zero-order chi connectivity index (χ0) is 25.2. The Hall–Kier alpha value is -4.05. The minimum atomic E-state index is -3.76. The number of hydrogen-bond donors (Lipinski definition) is 1. The third kappa shape index (κ3) is 5.22. The lowest BCUT2D eigenvalue weighted by Gasteiger charge is -2.20. The van der Waals surface area contributed by atoms with Crippen LogP contribution in [0.25, 0.3) is 0 Å². The normalized spacial score (nSPS) is 13.1. The molecule has 4 rings (SSSR count). The molecule has 0 fully saturated rings. The summed E-state index contributed by atoms with van der Waals surface area (Å²) in [5, 5.41) is 2.66. The van der Waals surface area contributed by atoms with Gasteiger partial charge in [-0.15, -0.1) is 0 Å². The van der Waals surface area contributed by atoms with E-state index in [-0.39, 0.29) is 17.3 Å². The first kappa shape index (κ1) is 24.1. The number of rotatable bonds is 7. The summed E-state index contributed by atoms with van der Waals surface area (Å²) in [6.07, 6.45) is -1.07. The highest BCUT2D eigenvalue weighted by molar-refractivity contribution is 7.92. The maximum absolute atomic E-state index is 12.9. The average Bonchev–Trinajstić information content (AvgIpc) is 3.32. The van der Waals surface area contributed by atoms with E-state index < -0.39 is 28.0 Å². The van der Waals surface area contributed by atoms with Crippen molar-refractivity contribution >= 4 is 33.3 Å². The molecule has 35 heavy (non-hydrogen) atoms. The van der Waals surface area contributed by atoms with Gasteiger partial charge in [-0.05, 0) is 62.4 Å². The van der Waals surface area contributed by atoms with Crippen LogP contribution in [0.15, 0.2) is 71.6 Å². The summed E-state index contributed by atoms with van der Waals surface area (Å²) in [5.41, 5.74) is 1.98. The molecule has 1 aliphatic heterocycles. The van der Waals surface area contributed by atoms with E-state index >= 15 is 0 Å². The van der Waals surface area contributed by atoms with E-state index in [0.29, 0.717) is 22.9 Å². The van der Waals surface area contributed by atoms with Gasteiger partial charge < -0.3 is 19.5 Å². The van der Waals surface area contributed by atoms with Crippen LogP contribution in [0.3, 0.4) is 0 Å². The number of hydrogen-bond acceptors (Lipinski definition) is 7. The highest BCUT2D eigenvalue weighted by atomic mass is 32.2. The third-order valence-corrected chi connectivity index (χ3v) is 7.24. The molecule has 1 N–H and O–H groups in total. The summed E-state index contributed by atoms with van der Waals surface area (Å²) in [7, 11) is -2.32. The molecule has 0 bridgehead atoms. The second-order valence-corrected chi connectivity index (χ2v) is 9.91. The molecule has 1 amide bonds. The SMILES string of the molecule is Cc1ccc(S(=O)(=O)N(C)c2ccc(C(=O)OC(C)C(=O)Nc3ccc4c(c3)OCO4)cc2)cc1. The van der Waals surface area contributed by atoms with Crippen LogP contribution in [0.5, 0.6) is 11.5 Å². The number of aryl methyl sites for hydroxylation is 1. The van der Waals surface area contributed by atoms with E-state index in [1.165, 1.54) is 38.2 Å². The van der Waals surface area contributed by atoms with Crippen LogP contribution >= 0.6 is 0 Å². The highest BCUT2D eigenvalue weighted by Crippen LogP contribution is 2.34. The zero-order valence-corrected chi connectivity index (χ0v) is 20.2. The molecule has 0 radical (unpaired) electrons. The van der Waals surface area contributed by atoms with Crippen molar-refractivity contribution in [1.82, 2.24) is 0 Å². The van der Waals surface area contributed by atoms with Gasteiger partial charge in [-0.2, -0.15) is 0 Å². The van der Waals surface area contributed by atoms with Crippen molar-refractivity contribution in [3.8, 4) is 11.5 Å². The van der Waals surface area contributed by atoms with Gasteiger partial charge in [-0.1, -0.05) is 17.7 Å². The Bertz CT molecular complexity index is 1350. The Morgan fingerprint density at radius 2 is 1.63 bits per heavy atom. The van der Waals surface area contributed by atoms with Gasteiger partial charge in [0.2, 0.25) is 6.79 Å². The van der Waals surface area contributed by atoms with Crippen LogP contribution < -0.4 is 19.1 Å². The molecule has 3 aromatic rings. The first-order valence-electron chi connectivity index (χ1n) is 10.7. The second kappa shape index (κ2) is 9.67. The first-order chi connectivity index (χ1) is 16.6. The van der Waals surface area contributed by atoms with Crippen LogP contribution in [-0.4, -0.2) is 40.2 Å². The van der Waals surface area contributed by atoms with Crippen molar-refractivity contribution in [3.05, 3.63) is 77.9 Å². The van der Waals surface area contributed by atoms with Gasteiger partial charge >= 0.3 is 5.97 Å². The fourth-order valence-corrected chi connectivity index (χ4v) is 4.51. The van der Waals surface area contributed by atoms with Crippen molar-refractivity contribution in [2.24, 2.45) is 0 Å². The lowest BCUT2D eigenvalue weighted by Crippen LogP contribution is -2.30. The van der Waals surface area contributed by atoms with E-state index in [2.05, 4.69) is 5.32 Å². The van der Waals surface area contributed by atoms with Crippen molar-refractivity contribution in [1.29, 1.82) is 0 Å². The Morgan fingerprint density at radius 1 is 0.971 bits per heavy atom. The minimum Gasteiger partial charge on any atom is -0.454 e. The number of anilines is 2. The third-order valence-electron chi connectivity index (χ3n) is 5.44. The van der Waals surface area contributed by atoms with Crippen molar-refractivity contribution in [2.45, 2.75) is 24.8 Å². The smallest absolute Gasteiger partial charge is 0.338 e. The number of carbonyl (C=O) groups excluding carboxylic acids is 2.